The van der Waals surface area contributed by atoms with E-state index in [1.807, 2.05) is 18.2 Å². The Bertz CT molecular complexity index is 1180. The zero-order chi connectivity index (χ0) is 21.6. The summed E-state index contributed by atoms with van der Waals surface area (Å²) in [7, 11) is -3.89. The molecule has 0 saturated heterocycles. The van der Waals surface area contributed by atoms with Crippen molar-refractivity contribution in [2.75, 3.05) is 10.0 Å². The number of rotatable bonds is 7. The predicted molar refractivity (Wildman–Crippen MR) is 119 cm³/mol. The van der Waals surface area contributed by atoms with E-state index >= 15 is 0 Å². The SMILES string of the molecule is CCC(=O)Nc1ccc(S(=O)(=O)Nc2nccc(/C=C/c3ccccc3Cl)n2)cc1. The van der Waals surface area contributed by atoms with Crippen LogP contribution < -0.4 is 10.0 Å². The third-order valence-corrected chi connectivity index (χ3v) is 5.70. The van der Waals surface area contributed by atoms with Gasteiger partial charge in [-0.2, -0.15) is 0 Å². The van der Waals surface area contributed by atoms with Crippen LogP contribution in [0.5, 0.6) is 0 Å². The fourth-order valence-corrected chi connectivity index (χ4v) is 3.60. The molecule has 30 heavy (non-hydrogen) atoms. The monoisotopic (exact) mass is 442 g/mol. The third-order valence-electron chi connectivity index (χ3n) is 4.01. The first-order valence-corrected chi connectivity index (χ1v) is 10.9. The summed E-state index contributed by atoms with van der Waals surface area (Å²) in [5.41, 5.74) is 1.85. The Hall–Kier alpha value is -3.23. The Morgan fingerprint density at radius 3 is 2.50 bits per heavy atom. The summed E-state index contributed by atoms with van der Waals surface area (Å²) in [5, 5.41) is 3.26. The van der Waals surface area contributed by atoms with Crippen LogP contribution in [0.3, 0.4) is 0 Å². The highest BCUT2D eigenvalue weighted by atomic mass is 35.5. The molecule has 0 aliphatic heterocycles. The van der Waals surface area contributed by atoms with Gasteiger partial charge >= 0.3 is 0 Å². The van der Waals surface area contributed by atoms with Crippen molar-refractivity contribution in [3.8, 4) is 0 Å². The molecule has 1 amide bonds. The molecule has 0 saturated carbocycles. The molecule has 1 heterocycles. The van der Waals surface area contributed by atoms with E-state index in [0.29, 0.717) is 22.8 Å². The molecule has 3 aromatic rings. The number of hydrogen-bond donors (Lipinski definition) is 2. The van der Waals surface area contributed by atoms with E-state index in [9.17, 15) is 13.2 Å². The number of carbonyl (C=O) groups is 1. The first kappa shape index (κ1) is 21.5. The van der Waals surface area contributed by atoms with E-state index in [4.69, 9.17) is 11.6 Å². The lowest BCUT2D eigenvalue weighted by molar-refractivity contribution is -0.115. The molecule has 2 aromatic carbocycles. The minimum atomic E-state index is -3.89. The Kier molecular flexibility index (Phi) is 6.81. The summed E-state index contributed by atoms with van der Waals surface area (Å²) < 4.78 is 27.6. The maximum atomic E-state index is 12.6. The fourth-order valence-electron chi connectivity index (χ4n) is 2.45. The number of nitrogens with one attached hydrogen (secondary N) is 2. The highest BCUT2D eigenvalue weighted by molar-refractivity contribution is 7.92. The number of nitrogens with zero attached hydrogens (tertiary/aromatic N) is 2. The Balaban J connectivity index is 1.75. The second-order valence-electron chi connectivity index (χ2n) is 6.19. The van der Waals surface area contributed by atoms with Gasteiger partial charge in [-0.3, -0.25) is 4.79 Å². The summed E-state index contributed by atoms with van der Waals surface area (Å²) in [4.78, 5) is 19.6. The number of anilines is 2. The summed E-state index contributed by atoms with van der Waals surface area (Å²) in [6, 6.07) is 14.8. The van der Waals surface area contributed by atoms with Crippen molar-refractivity contribution in [1.29, 1.82) is 0 Å². The molecule has 154 valence electrons. The molecule has 0 unspecified atom stereocenters. The second-order valence-corrected chi connectivity index (χ2v) is 8.28. The quantitative estimate of drug-likeness (QED) is 0.562. The summed E-state index contributed by atoms with van der Waals surface area (Å²) >= 11 is 6.13. The summed E-state index contributed by atoms with van der Waals surface area (Å²) in [6.07, 6.45) is 5.29. The van der Waals surface area contributed by atoms with Gasteiger partial charge in [0.05, 0.1) is 10.6 Å². The summed E-state index contributed by atoms with van der Waals surface area (Å²) in [5.74, 6) is -0.210. The number of benzene rings is 2. The third kappa shape index (κ3) is 5.65. The number of hydrogen-bond acceptors (Lipinski definition) is 5. The summed E-state index contributed by atoms with van der Waals surface area (Å²) in [6.45, 7) is 1.73. The van der Waals surface area contributed by atoms with Crippen LogP contribution in [0.2, 0.25) is 5.02 Å². The Morgan fingerprint density at radius 2 is 1.80 bits per heavy atom. The standard InChI is InChI=1S/C21H19ClN4O3S/c1-2-20(27)24-16-9-11-18(12-10-16)30(28,29)26-21-23-14-13-17(25-21)8-7-15-5-3-4-6-19(15)22/h3-14H,2H2,1H3,(H,24,27)(H,23,25,26)/b8-7+. The van der Waals surface area contributed by atoms with Gasteiger partial charge < -0.3 is 5.32 Å². The van der Waals surface area contributed by atoms with E-state index in [0.717, 1.165) is 5.56 Å². The van der Waals surface area contributed by atoms with E-state index < -0.39 is 10.0 Å². The number of halogens is 1. The van der Waals surface area contributed by atoms with E-state index in [-0.39, 0.29) is 16.8 Å². The van der Waals surface area contributed by atoms with Crippen molar-refractivity contribution < 1.29 is 13.2 Å². The van der Waals surface area contributed by atoms with Crippen LogP contribution in [-0.2, 0) is 14.8 Å². The molecule has 0 aliphatic carbocycles. The molecule has 0 fully saturated rings. The highest BCUT2D eigenvalue weighted by Gasteiger charge is 2.16. The maximum absolute atomic E-state index is 12.6. The Labute approximate surface area is 179 Å². The van der Waals surface area contributed by atoms with Crippen molar-refractivity contribution in [2.24, 2.45) is 0 Å². The lowest BCUT2D eigenvalue weighted by Crippen LogP contribution is -2.15. The van der Waals surface area contributed by atoms with Crippen LogP contribution in [0.15, 0.2) is 65.7 Å². The van der Waals surface area contributed by atoms with Crippen molar-refractivity contribution in [1.82, 2.24) is 9.97 Å². The minimum absolute atomic E-state index is 0.0256. The van der Waals surface area contributed by atoms with Crippen LogP contribution in [0.25, 0.3) is 12.2 Å². The average molecular weight is 443 g/mol. The predicted octanol–water partition coefficient (Wildman–Crippen LogP) is 4.45. The van der Waals surface area contributed by atoms with Crippen LogP contribution >= 0.6 is 11.6 Å². The van der Waals surface area contributed by atoms with Gasteiger partial charge in [0, 0.05) is 23.3 Å². The molecule has 0 spiro atoms. The lowest BCUT2D eigenvalue weighted by atomic mass is 10.2. The minimum Gasteiger partial charge on any atom is -0.326 e. The van der Waals surface area contributed by atoms with Crippen molar-refractivity contribution in [2.45, 2.75) is 18.2 Å². The lowest BCUT2D eigenvalue weighted by Gasteiger charge is -2.08. The highest BCUT2D eigenvalue weighted by Crippen LogP contribution is 2.19. The van der Waals surface area contributed by atoms with Gasteiger partial charge in [-0.15, -0.1) is 0 Å². The Morgan fingerprint density at radius 1 is 1.07 bits per heavy atom. The van der Waals surface area contributed by atoms with Gasteiger partial charge in [-0.25, -0.2) is 23.1 Å². The largest absolute Gasteiger partial charge is 0.326 e. The number of aromatic nitrogens is 2. The second kappa shape index (κ2) is 9.51. The van der Waals surface area contributed by atoms with Crippen LogP contribution in [-0.4, -0.2) is 24.3 Å². The van der Waals surface area contributed by atoms with Crippen LogP contribution in [0, 0.1) is 0 Å². The topological polar surface area (TPSA) is 101 Å². The molecule has 0 radical (unpaired) electrons. The van der Waals surface area contributed by atoms with Gasteiger partial charge in [0.1, 0.15) is 0 Å². The van der Waals surface area contributed by atoms with E-state index in [1.165, 1.54) is 30.5 Å². The smallest absolute Gasteiger partial charge is 0.264 e. The molecular weight excluding hydrogens is 424 g/mol. The molecule has 3 rings (SSSR count). The molecule has 0 aliphatic rings. The molecule has 0 bridgehead atoms. The molecule has 7 nitrogen and oxygen atoms in total. The van der Waals surface area contributed by atoms with Gasteiger partial charge in [0.15, 0.2) is 0 Å². The first-order valence-electron chi connectivity index (χ1n) is 9.06. The van der Waals surface area contributed by atoms with Gasteiger partial charge in [-0.05, 0) is 48.0 Å². The van der Waals surface area contributed by atoms with E-state index in [1.54, 1.807) is 31.2 Å². The molecule has 1 aromatic heterocycles. The average Bonchev–Trinajstić information content (AvgIpc) is 2.73. The first-order chi connectivity index (χ1) is 14.4. The fraction of sp³-hybridized carbons (Fsp3) is 0.0952. The van der Waals surface area contributed by atoms with Gasteiger partial charge in [0.25, 0.3) is 10.0 Å². The maximum Gasteiger partial charge on any atom is 0.264 e. The van der Waals surface area contributed by atoms with Crippen molar-refractivity contribution in [3.63, 3.8) is 0 Å². The molecule has 9 heteroatoms. The van der Waals surface area contributed by atoms with Crippen molar-refractivity contribution in [3.05, 3.63) is 77.1 Å². The zero-order valence-corrected chi connectivity index (χ0v) is 17.6. The van der Waals surface area contributed by atoms with Crippen LogP contribution in [0.1, 0.15) is 24.6 Å². The van der Waals surface area contributed by atoms with Crippen LogP contribution in [0.4, 0.5) is 11.6 Å². The molecule has 0 atom stereocenters. The van der Waals surface area contributed by atoms with E-state index in [2.05, 4.69) is 20.0 Å². The molecular formula is C21H19ClN4O3S. The van der Waals surface area contributed by atoms with Gasteiger partial charge in [-0.1, -0.05) is 42.8 Å². The normalized spacial score (nSPS) is 11.4. The zero-order valence-electron chi connectivity index (χ0n) is 16.0. The van der Waals surface area contributed by atoms with Gasteiger partial charge in [0.2, 0.25) is 11.9 Å². The molecule has 2 N–H and O–H groups in total. The van der Waals surface area contributed by atoms with Crippen molar-refractivity contribution >= 4 is 51.3 Å². The number of carbonyl (C=O) groups excluding carboxylic acids is 1. The number of sulfonamides is 1. The number of amides is 1.